The third-order valence-corrected chi connectivity index (χ3v) is 4.27. The normalized spacial score (nSPS) is 26.2. The van der Waals surface area contributed by atoms with Gasteiger partial charge in [0.25, 0.3) is 0 Å². The first-order valence-corrected chi connectivity index (χ1v) is 7.05. The molecule has 1 aromatic rings. The summed E-state index contributed by atoms with van der Waals surface area (Å²) >= 11 is 0. The fraction of sp³-hybridized carbons (Fsp3) is 0.615. The number of piperidine rings is 1. The van der Waals surface area contributed by atoms with Crippen LogP contribution in [0.25, 0.3) is 0 Å². The number of rotatable bonds is 3. The van der Waals surface area contributed by atoms with E-state index in [-0.39, 0.29) is 11.5 Å². The molecule has 2 aliphatic heterocycles. The highest BCUT2D eigenvalue weighted by molar-refractivity contribution is 5.57. The van der Waals surface area contributed by atoms with Crippen molar-refractivity contribution in [1.82, 2.24) is 9.88 Å². The van der Waals surface area contributed by atoms with Crippen molar-refractivity contribution in [2.24, 2.45) is 0 Å². The molecule has 0 bridgehead atoms. The Bertz CT molecular complexity index is 521. The molecule has 3 heterocycles. The number of hydrogen-bond acceptors (Lipinski definition) is 6. The fourth-order valence-electron chi connectivity index (χ4n) is 3.27. The van der Waals surface area contributed by atoms with Crippen LogP contribution in [0.5, 0.6) is 0 Å². The molecule has 7 heteroatoms. The van der Waals surface area contributed by atoms with Gasteiger partial charge in [-0.3, -0.25) is 10.1 Å². The summed E-state index contributed by atoms with van der Waals surface area (Å²) in [6, 6.07) is 4.10. The summed E-state index contributed by atoms with van der Waals surface area (Å²) in [6.07, 6.45) is 4.75. The van der Waals surface area contributed by atoms with E-state index in [1.807, 2.05) is 0 Å². The summed E-state index contributed by atoms with van der Waals surface area (Å²) in [7, 11) is 0. The Labute approximate surface area is 117 Å². The molecule has 0 aliphatic carbocycles. The minimum atomic E-state index is -0.511. The van der Waals surface area contributed by atoms with Crippen LogP contribution in [0.2, 0.25) is 0 Å². The van der Waals surface area contributed by atoms with Crippen LogP contribution in [-0.2, 0) is 0 Å². The van der Waals surface area contributed by atoms with E-state index >= 15 is 0 Å². The van der Waals surface area contributed by atoms with Crippen molar-refractivity contribution in [3.05, 3.63) is 22.2 Å². The lowest BCUT2D eigenvalue weighted by molar-refractivity contribution is -0.384. The van der Waals surface area contributed by atoms with Gasteiger partial charge in [0.15, 0.2) is 0 Å². The Morgan fingerprint density at radius 2 is 2.25 bits per heavy atom. The minimum absolute atomic E-state index is 0.0293. The van der Waals surface area contributed by atoms with Gasteiger partial charge in [0, 0.05) is 24.7 Å². The molecule has 2 saturated heterocycles. The number of nitrogens with zero attached hydrogens (tertiary/aromatic N) is 3. The predicted molar refractivity (Wildman–Crippen MR) is 76.5 cm³/mol. The number of nitrogens with one attached hydrogen (secondary N) is 1. The van der Waals surface area contributed by atoms with Gasteiger partial charge in [0.1, 0.15) is 5.82 Å². The van der Waals surface area contributed by atoms with Crippen molar-refractivity contribution >= 4 is 17.3 Å². The van der Waals surface area contributed by atoms with Crippen LogP contribution < -0.4 is 11.1 Å². The molecule has 0 amide bonds. The highest BCUT2D eigenvalue weighted by atomic mass is 16.6. The van der Waals surface area contributed by atoms with Crippen LogP contribution in [-0.4, -0.2) is 40.0 Å². The van der Waals surface area contributed by atoms with Gasteiger partial charge in [-0.05, 0) is 38.3 Å². The van der Waals surface area contributed by atoms with E-state index in [9.17, 15) is 10.1 Å². The van der Waals surface area contributed by atoms with Crippen molar-refractivity contribution in [3.63, 3.8) is 0 Å². The van der Waals surface area contributed by atoms with E-state index in [0.717, 1.165) is 19.4 Å². The van der Waals surface area contributed by atoms with Gasteiger partial charge in [-0.15, -0.1) is 0 Å². The molecule has 0 saturated carbocycles. The largest absolute Gasteiger partial charge is 0.378 e. The fourth-order valence-corrected chi connectivity index (χ4v) is 3.27. The van der Waals surface area contributed by atoms with Gasteiger partial charge in [-0.1, -0.05) is 0 Å². The molecular formula is C13H19N5O2. The average molecular weight is 277 g/mol. The SMILES string of the molecule is Nc1nc(NC2CCN3CCCC3C2)ccc1[N+](=O)[O-]. The van der Waals surface area contributed by atoms with E-state index < -0.39 is 4.92 Å². The van der Waals surface area contributed by atoms with Gasteiger partial charge in [0.2, 0.25) is 5.82 Å². The van der Waals surface area contributed by atoms with Gasteiger partial charge in [-0.2, -0.15) is 0 Å². The molecule has 0 aromatic carbocycles. The van der Waals surface area contributed by atoms with Crippen LogP contribution in [0.1, 0.15) is 25.7 Å². The molecule has 2 unspecified atom stereocenters. The molecule has 108 valence electrons. The highest BCUT2D eigenvalue weighted by Gasteiger charge is 2.31. The summed E-state index contributed by atoms with van der Waals surface area (Å²) in [6.45, 7) is 2.34. The number of hydrogen-bond donors (Lipinski definition) is 2. The Morgan fingerprint density at radius 1 is 1.40 bits per heavy atom. The maximum atomic E-state index is 10.7. The van der Waals surface area contributed by atoms with Crippen molar-refractivity contribution < 1.29 is 4.92 Å². The van der Waals surface area contributed by atoms with Crippen LogP contribution in [0.4, 0.5) is 17.3 Å². The van der Waals surface area contributed by atoms with Gasteiger partial charge in [0.05, 0.1) is 4.92 Å². The van der Waals surface area contributed by atoms with Crippen molar-refractivity contribution in [3.8, 4) is 0 Å². The average Bonchev–Trinajstić information content (AvgIpc) is 2.85. The Balaban J connectivity index is 1.66. The molecule has 1 aromatic heterocycles. The lowest BCUT2D eigenvalue weighted by Gasteiger charge is -2.35. The van der Waals surface area contributed by atoms with E-state index in [1.165, 1.54) is 25.5 Å². The topological polar surface area (TPSA) is 97.3 Å². The van der Waals surface area contributed by atoms with Gasteiger partial charge < -0.3 is 16.0 Å². The Kier molecular flexibility index (Phi) is 3.43. The molecule has 2 atom stereocenters. The van der Waals surface area contributed by atoms with Crippen molar-refractivity contribution in [1.29, 1.82) is 0 Å². The number of nitrogen functional groups attached to an aromatic ring is 1. The quantitative estimate of drug-likeness (QED) is 0.643. The molecule has 0 radical (unpaired) electrons. The number of anilines is 2. The number of pyridine rings is 1. The zero-order valence-electron chi connectivity index (χ0n) is 11.3. The smallest absolute Gasteiger partial charge is 0.311 e. The lowest BCUT2D eigenvalue weighted by Crippen LogP contribution is -2.42. The standard InChI is InChI=1S/C13H19N5O2/c14-13-11(18(19)20)3-4-12(16-13)15-9-5-7-17-6-1-2-10(17)8-9/h3-4,9-10H,1-2,5-8H2,(H3,14,15,16). The first-order valence-electron chi connectivity index (χ1n) is 7.05. The van der Waals surface area contributed by atoms with Gasteiger partial charge >= 0.3 is 5.69 Å². The number of fused-ring (bicyclic) bond motifs is 1. The van der Waals surface area contributed by atoms with E-state index in [2.05, 4.69) is 15.2 Å². The predicted octanol–water partition coefficient (Wildman–Crippen LogP) is 1.61. The zero-order chi connectivity index (χ0) is 14.1. The molecule has 2 aliphatic rings. The number of nitrogens with two attached hydrogens (primary N) is 1. The molecule has 2 fully saturated rings. The molecule has 3 N–H and O–H groups in total. The monoisotopic (exact) mass is 277 g/mol. The van der Waals surface area contributed by atoms with Gasteiger partial charge in [-0.25, -0.2) is 4.98 Å². The van der Waals surface area contributed by atoms with Crippen LogP contribution >= 0.6 is 0 Å². The van der Waals surface area contributed by atoms with E-state index in [0.29, 0.717) is 17.9 Å². The van der Waals surface area contributed by atoms with Crippen LogP contribution in [0.15, 0.2) is 12.1 Å². The summed E-state index contributed by atoms with van der Waals surface area (Å²) in [5.74, 6) is 0.600. The first kappa shape index (κ1) is 13.1. The molecule has 20 heavy (non-hydrogen) atoms. The molecule has 3 rings (SSSR count). The maximum absolute atomic E-state index is 10.7. The highest BCUT2D eigenvalue weighted by Crippen LogP contribution is 2.29. The third kappa shape index (κ3) is 2.53. The molecule has 0 spiro atoms. The summed E-state index contributed by atoms with van der Waals surface area (Å²) in [5.41, 5.74) is 5.47. The summed E-state index contributed by atoms with van der Waals surface area (Å²) in [5, 5.41) is 14.1. The minimum Gasteiger partial charge on any atom is -0.378 e. The number of aromatic nitrogens is 1. The second kappa shape index (κ2) is 5.24. The van der Waals surface area contributed by atoms with E-state index in [1.54, 1.807) is 6.07 Å². The van der Waals surface area contributed by atoms with E-state index in [4.69, 9.17) is 5.73 Å². The second-order valence-corrected chi connectivity index (χ2v) is 5.56. The van der Waals surface area contributed by atoms with Crippen LogP contribution in [0, 0.1) is 10.1 Å². The summed E-state index contributed by atoms with van der Waals surface area (Å²) in [4.78, 5) is 16.8. The second-order valence-electron chi connectivity index (χ2n) is 5.56. The Hall–Kier alpha value is -1.89. The first-order chi connectivity index (χ1) is 9.63. The van der Waals surface area contributed by atoms with Crippen molar-refractivity contribution in [2.75, 3.05) is 24.1 Å². The lowest BCUT2D eigenvalue weighted by atomic mass is 9.97. The summed E-state index contributed by atoms with van der Waals surface area (Å²) < 4.78 is 0. The molecule has 7 nitrogen and oxygen atoms in total. The van der Waals surface area contributed by atoms with Crippen LogP contribution in [0.3, 0.4) is 0 Å². The van der Waals surface area contributed by atoms with Crippen molar-refractivity contribution in [2.45, 2.75) is 37.8 Å². The number of nitro groups is 1. The zero-order valence-corrected chi connectivity index (χ0v) is 11.3. The molecular weight excluding hydrogens is 258 g/mol. The third-order valence-electron chi connectivity index (χ3n) is 4.27. The maximum Gasteiger partial charge on any atom is 0.311 e. The Morgan fingerprint density at radius 3 is 3.00 bits per heavy atom.